The van der Waals surface area contributed by atoms with E-state index in [4.69, 9.17) is 11.6 Å². The van der Waals surface area contributed by atoms with Crippen LogP contribution in [0.5, 0.6) is 0 Å². The quantitative estimate of drug-likeness (QED) is 0.724. The fourth-order valence-electron chi connectivity index (χ4n) is 2.64. The van der Waals surface area contributed by atoms with Crippen LogP contribution in [0.15, 0.2) is 24.3 Å². The zero-order chi connectivity index (χ0) is 11.4. The molecule has 0 unspecified atom stereocenters. The van der Waals surface area contributed by atoms with Crippen molar-refractivity contribution in [1.82, 2.24) is 0 Å². The number of rotatable bonds is 3. The maximum Gasteiger partial charge on any atom is 0.0550 e. The highest BCUT2D eigenvalue weighted by Gasteiger charge is 2.17. The first-order valence-corrected chi connectivity index (χ1v) is 8.57. The second-order valence-corrected chi connectivity index (χ2v) is 7.62. The average Bonchev–Trinajstić information content (AvgIpc) is 2.30. The molecule has 0 aliphatic heterocycles. The van der Waals surface area contributed by atoms with Crippen LogP contribution in [-0.4, -0.2) is 9.52 Å². The Bertz CT molecular complexity index is 312. The molecule has 1 fully saturated rings. The van der Waals surface area contributed by atoms with Crippen molar-refractivity contribution in [3.63, 3.8) is 0 Å². The van der Waals surface area contributed by atoms with E-state index in [0.717, 1.165) is 16.9 Å². The Hall–Kier alpha value is -0.273. The molecule has 1 aromatic rings. The van der Waals surface area contributed by atoms with E-state index in [1.165, 1.54) is 31.7 Å². The summed E-state index contributed by atoms with van der Waals surface area (Å²) < 4.78 is 0. The summed E-state index contributed by atoms with van der Waals surface area (Å²) >= 11 is 5.89. The van der Waals surface area contributed by atoms with Crippen molar-refractivity contribution in [3.8, 4) is 0 Å². The molecule has 1 saturated carbocycles. The zero-order valence-corrected chi connectivity index (χ0v) is 12.3. The standard InChI is InChI=1S/C14H21ClSi/c1-11-2-4-12(5-3-11)10-16-14-8-6-13(15)7-9-14/h6-9,11-12H,2-5,10,16H2,1H3. The molecule has 2 heteroatoms. The first-order chi connectivity index (χ1) is 7.74. The van der Waals surface area contributed by atoms with E-state index < -0.39 is 0 Å². The molecule has 0 N–H and O–H groups in total. The molecule has 1 aliphatic rings. The van der Waals surface area contributed by atoms with Gasteiger partial charge in [-0.15, -0.1) is 0 Å². The summed E-state index contributed by atoms with van der Waals surface area (Å²) in [6.07, 6.45) is 5.86. The van der Waals surface area contributed by atoms with Gasteiger partial charge in [0.2, 0.25) is 0 Å². The first-order valence-electron chi connectivity index (χ1n) is 6.48. The van der Waals surface area contributed by atoms with Crippen LogP contribution in [0.4, 0.5) is 0 Å². The molecule has 1 aliphatic carbocycles. The van der Waals surface area contributed by atoms with Crippen molar-refractivity contribution in [1.29, 1.82) is 0 Å². The smallest absolute Gasteiger partial charge is 0.0550 e. The summed E-state index contributed by atoms with van der Waals surface area (Å²) in [6, 6.07) is 10.0. The van der Waals surface area contributed by atoms with Gasteiger partial charge in [0.05, 0.1) is 9.52 Å². The highest BCUT2D eigenvalue weighted by atomic mass is 35.5. The second kappa shape index (κ2) is 5.88. The number of hydrogen-bond donors (Lipinski definition) is 0. The van der Waals surface area contributed by atoms with Crippen LogP contribution in [0.2, 0.25) is 11.1 Å². The summed E-state index contributed by atoms with van der Waals surface area (Å²) in [7, 11) is -0.0478. The molecule has 1 aromatic carbocycles. The summed E-state index contributed by atoms with van der Waals surface area (Å²) in [5, 5.41) is 2.44. The van der Waals surface area contributed by atoms with Crippen molar-refractivity contribution in [2.45, 2.75) is 38.7 Å². The van der Waals surface area contributed by atoms with E-state index >= 15 is 0 Å². The van der Waals surface area contributed by atoms with E-state index in [1.807, 2.05) is 12.1 Å². The van der Waals surface area contributed by atoms with Gasteiger partial charge >= 0.3 is 0 Å². The predicted octanol–water partition coefficient (Wildman–Crippen LogP) is 3.38. The van der Waals surface area contributed by atoms with Crippen LogP contribution in [0.3, 0.4) is 0 Å². The Balaban J connectivity index is 1.77. The van der Waals surface area contributed by atoms with Crippen LogP contribution in [0.25, 0.3) is 0 Å². The third kappa shape index (κ3) is 3.64. The lowest BCUT2D eigenvalue weighted by molar-refractivity contribution is 0.307. The van der Waals surface area contributed by atoms with E-state index in [-0.39, 0.29) is 9.52 Å². The summed E-state index contributed by atoms with van der Waals surface area (Å²) in [4.78, 5) is 0. The molecule has 0 heterocycles. The molecule has 0 amide bonds. The lowest BCUT2D eigenvalue weighted by Crippen LogP contribution is -2.20. The SMILES string of the molecule is CC1CCC(C[SiH2]c2ccc(Cl)cc2)CC1. The van der Waals surface area contributed by atoms with Gasteiger partial charge < -0.3 is 0 Å². The van der Waals surface area contributed by atoms with Crippen LogP contribution in [-0.2, 0) is 0 Å². The molecular formula is C14H21ClSi. The predicted molar refractivity (Wildman–Crippen MR) is 75.6 cm³/mol. The van der Waals surface area contributed by atoms with E-state index in [1.54, 1.807) is 5.19 Å². The molecular weight excluding hydrogens is 232 g/mol. The lowest BCUT2D eigenvalue weighted by Gasteiger charge is -2.25. The minimum atomic E-state index is -0.0478. The van der Waals surface area contributed by atoms with Crippen molar-refractivity contribution >= 4 is 26.3 Å². The highest BCUT2D eigenvalue weighted by Crippen LogP contribution is 2.30. The Morgan fingerprint density at radius 3 is 2.38 bits per heavy atom. The van der Waals surface area contributed by atoms with Crippen LogP contribution >= 0.6 is 11.6 Å². The molecule has 88 valence electrons. The molecule has 0 nitrogen and oxygen atoms in total. The van der Waals surface area contributed by atoms with Gasteiger partial charge in [-0.3, -0.25) is 0 Å². The number of benzene rings is 1. The van der Waals surface area contributed by atoms with Crippen LogP contribution in [0, 0.1) is 11.8 Å². The Kier molecular flexibility index (Phi) is 4.48. The fraction of sp³-hybridized carbons (Fsp3) is 0.571. The van der Waals surface area contributed by atoms with Gasteiger partial charge in [-0.25, -0.2) is 0 Å². The van der Waals surface area contributed by atoms with Crippen molar-refractivity contribution in [2.75, 3.05) is 0 Å². The van der Waals surface area contributed by atoms with Crippen molar-refractivity contribution in [2.24, 2.45) is 11.8 Å². The van der Waals surface area contributed by atoms with Crippen molar-refractivity contribution in [3.05, 3.63) is 29.3 Å². The largest absolute Gasteiger partial charge is 0.0843 e. The molecule has 16 heavy (non-hydrogen) atoms. The third-order valence-electron chi connectivity index (χ3n) is 3.89. The highest BCUT2D eigenvalue weighted by molar-refractivity contribution is 6.53. The van der Waals surface area contributed by atoms with Gasteiger partial charge in [-0.2, -0.15) is 0 Å². The topological polar surface area (TPSA) is 0 Å². The molecule has 0 saturated heterocycles. The van der Waals surface area contributed by atoms with Gasteiger partial charge in [-0.1, -0.05) is 67.6 Å². The monoisotopic (exact) mass is 252 g/mol. The molecule has 0 bridgehead atoms. The summed E-state index contributed by atoms with van der Waals surface area (Å²) in [5.74, 6) is 2.01. The fourth-order valence-corrected chi connectivity index (χ4v) is 4.65. The molecule has 0 atom stereocenters. The maximum atomic E-state index is 5.89. The average molecular weight is 253 g/mol. The minimum absolute atomic E-state index is 0.0478. The van der Waals surface area contributed by atoms with Crippen LogP contribution in [0.1, 0.15) is 32.6 Å². The second-order valence-electron chi connectivity index (χ2n) is 5.29. The Morgan fingerprint density at radius 1 is 1.12 bits per heavy atom. The zero-order valence-electron chi connectivity index (χ0n) is 10.1. The van der Waals surface area contributed by atoms with Gasteiger partial charge in [-0.05, 0) is 24.0 Å². The Morgan fingerprint density at radius 2 is 1.75 bits per heavy atom. The Labute approximate surface area is 106 Å². The van der Waals surface area contributed by atoms with Crippen molar-refractivity contribution < 1.29 is 0 Å². The van der Waals surface area contributed by atoms with Gasteiger partial charge in [0.15, 0.2) is 0 Å². The van der Waals surface area contributed by atoms with Gasteiger partial charge in [0.25, 0.3) is 0 Å². The number of halogens is 1. The lowest BCUT2D eigenvalue weighted by atomic mass is 9.84. The first kappa shape index (κ1) is 12.2. The number of hydrogen-bond acceptors (Lipinski definition) is 0. The third-order valence-corrected chi connectivity index (χ3v) is 6.30. The molecule has 2 rings (SSSR count). The maximum absolute atomic E-state index is 5.89. The summed E-state index contributed by atoms with van der Waals surface area (Å²) in [5.41, 5.74) is 0. The van der Waals surface area contributed by atoms with E-state index in [9.17, 15) is 0 Å². The summed E-state index contributed by atoms with van der Waals surface area (Å²) in [6.45, 7) is 2.40. The normalized spacial score (nSPS) is 26.4. The molecule has 0 aromatic heterocycles. The molecule has 0 spiro atoms. The van der Waals surface area contributed by atoms with Crippen LogP contribution < -0.4 is 5.19 Å². The molecule has 0 radical (unpaired) electrons. The van der Waals surface area contributed by atoms with E-state index in [0.29, 0.717) is 0 Å². The minimum Gasteiger partial charge on any atom is -0.0843 e. The van der Waals surface area contributed by atoms with Gasteiger partial charge in [0.1, 0.15) is 0 Å². The van der Waals surface area contributed by atoms with Gasteiger partial charge in [0, 0.05) is 5.02 Å². The van der Waals surface area contributed by atoms with E-state index in [2.05, 4.69) is 19.1 Å².